The van der Waals surface area contributed by atoms with Gasteiger partial charge in [-0.25, -0.2) is 15.0 Å². The first-order valence-corrected chi connectivity index (χ1v) is 6.11. The van der Waals surface area contributed by atoms with Crippen LogP contribution >= 0.6 is 0 Å². The van der Waals surface area contributed by atoms with E-state index in [-0.39, 0.29) is 19.0 Å². The molecule has 0 amide bonds. The minimum Gasteiger partial charge on any atom is -0.394 e. The Hall–Kier alpha value is -1.93. The minimum atomic E-state index is -0.387. The average Bonchev–Trinajstić information content (AvgIpc) is 3.06. The van der Waals surface area contributed by atoms with E-state index in [4.69, 9.17) is 14.7 Å². The van der Waals surface area contributed by atoms with Crippen molar-refractivity contribution in [3.05, 3.63) is 12.7 Å². The van der Waals surface area contributed by atoms with Crippen LogP contribution in [0.5, 0.6) is 0 Å². The molecule has 0 aromatic carbocycles. The fourth-order valence-corrected chi connectivity index (χ4v) is 2.09. The third-order valence-electron chi connectivity index (χ3n) is 3.04. The number of fused-ring (bicyclic) bond motifs is 1. The van der Waals surface area contributed by atoms with E-state index in [0.29, 0.717) is 17.0 Å². The number of imidazole rings is 1. The van der Waals surface area contributed by atoms with Crippen LogP contribution in [-0.4, -0.2) is 50.8 Å². The molecule has 19 heavy (non-hydrogen) atoms. The van der Waals surface area contributed by atoms with Gasteiger partial charge in [0.25, 0.3) is 0 Å². The lowest BCUT2D eigenvalue weighted by atomic mass is 10.2. The first-order valence-electron chi connectivity index (χ1n) is 6.11. The molecule has 0 saturated carbocycles. The molecule has 8 nitrogen and oxygen atoms in total. The highest BCUT2D eigenvalue weighted by Crippen LogP contribution is 2.20. The second kappa shape index (κ2) is 4.98. The summed E-state index contributed by atoms with van der Waals surface area (Å²) in [6.07, 6.45) is 3.96. The number of ether oxygens (including phenoxy) is 1. The van der Waals surface area contributed by atoms with Gasteiger partial charge in [0.15, 0.2) is 11.3 Å². The van der Waals surface area contributed by atoms with Crippen molar-refractivity contribution in [3.63, 3.8) is 0 Å². The van der Waals surface area contributed by atoms with Gasteiger partial charge in [-0.1, -0.05) is 0 Å². The highest BCUT2D eigenvalue weighted by molar-refractivity contribution is 5.82. The Morgan fingerprint density at radius 3 is 3.11 bits per heavy atom. The highest BCUT2D eigenvalue weighted by atomic mass is 16.8. The Bertz CT molecular complexity index is 572. The molecular formula is C11H15N5O3. The van der Waals surface area contributed by atoms with Gasteiger partial charge in [0.05, 0.1) is 12.7 Å². The molecule has 2 aromatic heterocycles. The maximum atomic E-state index is 9.02. The lowest BCUT2D eigenvalue weighted by Crippen LogP contribution is -2.26. The van der Waals surface area contributed by atoms with Crippen LogP contribution in [0.15, 0.2) is 12.7 Å². The summed E-state index contributed by atoms with van der Waals surface area (Å²) in [7, 11) is 1.77. The SMILES string of the molecule is CNc1ncnc2c1ncn2O[C@@H]1CC[C@@H](CO)O1. The summed E-state index contributed by atoms with van der Waals surface area (Å²) in [5.41, 5.74) is 1.22. The van der Waals surface area contributed by atoms with Crippen molar-refractivity contribution in [1.29, 1.82) is 0 Å². The molecule has 8 heteroatoms. The molecule has 2 atom stereocenters. The first kappa shape index (κ1) is 12.1. The van der Waals surface area contributed by atoms with E-state index in [0.717, 1.165) is 12.8 Å². The second-order valence-corrected chi connectivity index (χ2v) is 4.27. The molecule has 102 valence electrons. The van der Waals surface area contributed by atoms with Crippen LogP contribution in [0.3, 0.4) is 0 Å². The third-order valence-corrected chi connectivity index (χ3v) is 3.04. The zero-order valence-electron chi connectivity index (χ0n) is 10.5. The smallest absolute Gasteiger partial charge is 0.225 e. The summed E-state index contributed by atoms with van der Waals surface area (Å²) < 4.78 is 6.98. The molecular weight excluding hydrogens is 250 g/mol. The molecule has 1 aliphatic rings. The minimum absolute atomic E-state index is 0.0105. The van der Waals surface area contributed by atoms with Crippen molar-refractivity contribution in [2.24, 2.45) is 0 Å². The quantitative estimate of drug-likeness (QED) is 0.790. The standard InChI is InChI=1S/C11H15N5O3/c1-12-10-9-11(14-5-13-10)16(6-15-9)19-8-3-2-7(4-17)18-8/h5-8,17H,2-4H2,1H3,(H,12,13,14)/t7-,8+/m0/s1. The van der Waals surface area contributed by atoms with Crippen molar-refractivity contribution in [3.8, 4) is 0 Å². The molecule has 0 bridgehead atoms. The fourth-order valence-electron chi connectivity index (χ4n) is 2.09. The molecule has 0 spiro atoms. The van der Waals surface area contributed by atoms with Crippen molar-refractivity contribution in [2.45, 2.75) is 25.2 Å². The number of hydrogen-bond acceptors (Lipinski definition) is 7. The number of hydrogen-bond donors (Lipinski definition) is 2. The summed E-state index contributed by atoms with van der Waals surface area (Å²) >= 11 is 0. The summed E-state index contributed by atoms with van der Waals surface area (Å²) in [4.78, 5) is 18.1. The number of rotatable bonds is 4. The summed E-state index contributed by atoms with van der Waals surface area (Å²) in [5, 5.41) is 12.0. The lowest BCUT2D eigenvalue weighted by Gasteiger charge is -2.14. The molecule has 2 N–H and O–H groups in total. The molecule has 3 rings (SSSR count). The molecule has 1 fully saturated rings. The van der Waals surface area contributed by atoms with E-state index in [1.54, 1.807) is 7.05 Å². The molecule has 0 radical (unpaired) electrons. The van der Waals surface area contributed by atoms with Gasteiger partial charge in [0, 0.05) is 13.5 Å². The van der Waals surface area contributed by atoms with Crippen molar-refractivity contribution in [1.82, 2.24) is 19.7 Å². The van der Waals surface area contributed by atoms with Crippen LogP contribution in [0.25, 0.3) is 11.2 Å². The number of nitrogens with zero attached hydrogens (tertiary/aromatic N) is 4. The summed E-state index contributed by atoms with van der Waals surface area (Å²) in [6, 6.07) is 0. The van der Waals surface area contributed by atoms with Gasteiger partial charge in [-0.3, -0.25) is 0 Å². The van der Waals surface area contributed by atoms with Crippen molar-refractivity contribution in [2.75, 3.05) is 19.0 Å². The second-order valence-electron chi connectivity index (χ2n) is 4.27. The summed E-state index contributed by atoms with van der Waals surface area (Å²) in [6.45, 7) is 0.0105. The van der Waals surface area contributed by atoms with E-state index in [2.05, 4.69) is 20.3 Å². The normalized spacial score (nSPS) is 22.8. The summed E-state index contributed by atoms with van der Waals surface area (Å²) in [5.74, 6) is 0.646. The Labute approximate surface area is 109 Å². The van der Waals surface area contributed by atoms with Gasteiger partial charge in [-0.05, 0) is 6.42 Å². The molecule has 0 aliphatic carbocycles. The van der Waals surface area contributed by atoms with Crippen LogP contribution in [0.2, 0.25) is 0 Å². The van der Waals surface area contributed by atoms with E-state index >= 15 is 0 Å². The van der Waals surface area contributed by atoms with Gasteiger partial charge in [0.1, 0.15) is 12.7 Å². The zero-order valence-corrected chi connectivity index (χ0v) is 10.5. The largest absolute Gasteiger partial charge is 0.394 e. The average molecular weight is 265 g/mol. The third kappa shape index (κ3) is 2.20. The van der Waals surface area contributed by atoms with E-state index < -0.39 is 0 Å². The van der Waals surface area contributed by atoms with Gasteiger partial charge < -0.3 is 20.0 Å². The first-order chi connectivity index (χ1) is 9.31. The predicted molar refractivity (Wildman–Crippen MR) is 66.4 cm³/mol. The Morgan fingerprint density at radius 2 is 2.37 bits per heavy atom. The number of anilines is 1. The van der Waals surface area contributed by atoms with Crippen LogP contribution in [0, 0.1) is 0 Å². The fraction of sp³-hybridized carbons (Fsp3) is 0.545. The van der Waals surface area contributed by atoms with Crippen molar-refractivity contribution < 1.29 is 14.7 Å². The maximum absolute atomic E-state index is 9.02. The molecule has 1 saturated heterocycles. The maximum Gasteiger partial charge on any atom is 0.225 e. The number of aromatic nitrogens is 4. The highest BCUT2D eigenvalue weighted by Gasteiger charge is 2.27. The molecule has 0 unspecified atom stereocenters. The molecule has 2 aromatic rings. The Morgan fingerprint density at radius 1 is 1.47 bits per heavy atom. The number of aliphatic hydroxyl groups excluding tert-OH is 1. The van der Waals surface area contributed by atoms with E-state index in [9.17, 15) is 0 Å². The predicted octanol–water partition coefficient (Wildman–Crippen LogP) is -0.206. The molecule has 1 aliphatic heterocycles. The van der Waals surface area contributed by atoms with Crippen LogP contribution in [0.1, 0.15) is 12.8 Å². The van der Waals surface area contributed by atoms with Crippen LogP contribution < -0.4 is 10.2 Å². The van der Waals surface area contributed by atoms with Gasteiger partial charge in [0.2, 0.25) is 11.9 Å². The molecule has 3 heterocycles. The monoisotopic (exact) mass is 265 g/mol. The Kier molecular flexibility index (Phi) is 3.18. The van der Waals surface area contributed by atoms with Crippen LogP contribution in [-0.2, 0) is 4.74 Å². The number of nitrogens with one attached hydrogen (secondary N) is 1. The van der Waals surface area contributed by atoms with Gasteiger partial charge >= 0.3 is 0 Å². The topological polar surface area (TPSA) is 94.3 Å². The van der Waals surface area contributed by atoms with E-state index in [1.807, 2.05) is 0 Å². The zero-order chi connectivity index (χ0) is 13.2. The van der Waals surface area contributed by atoms with Crippen molar-refractivity contribution >= 4 is 17.0 Å². The lowest BCUT2D eigenvalue weighted by molar-refractivity contribution is -0.140. The number of aliphatic hydroxyl groups is 1. The van der Waals surface area contributed by atoms with Gasteiger partial charge in [-0.2, -0.15) is 0 Å². The van der Waals surface area contributed by atoms with E-state index in [1.165, 1.54) is 17.4 Å². The Balaban J connectivity index is 1.82. The van der Waals surface area contributed by atoms with Gasteiger partial charge in [-0.15, -0.1) is 4.73 Å². The van der Waals surface area contributed by atoms with Crippen LogP contribution in [0.4, 0.5) is 5.82 Å².